The summed E-state index contributed by atoms with van der Waals surface area (Å²) in [6.45, 7) is 3.26. The minimum Gasteiger partial charge on any atom is -0.495 e. The molecule has 1 N–H and O–H groups in total. The van der Waals surface area contributed by atoms with Crippen molar-refractivity contribution >= 4 is 29.1 Å². The molecule has 1 aliphatic heterocycles. The van der Waals surface area contributed by atoms with Crippen LogP contribution in [-0.4, -0.2) is 43.5 Å². The van der Waals surface area contributed by atoms with Crippen LogP contribution in [0.3, 0.4) is 0 Å². The van der Waals surface area contributed by atoms with E-state index in [2.05, 4.69) is 5.32 Å². The summed E-state index contributed by atoms with van der Waals surface area (Å²) in [5.41, 5.74) is 1.44. The zero-order valence-electron chi connectivity index (χ0n) is 17.3. The van der Waals surface area contributed by atoms with E-state index >= 15 is 0 Å². The van der Waals surface area contributed by atoms with Crippen LogP contribution < -0.4 is 14.8 Å². The number of anilines is 1. The van der Waals surface area contributed by atoms with Crippen LogP contribution in [0.1, 0.15) is 24.8 Å². The first-order valence-corrected chi connectivity index (χ1v) is 10.5. The Morgan fingerprint density at radius 1 is 1.23 bits per heavy atom. The summed E-state index contributed by atoms with van der Waals surface area (Å²) in [5.74, 6) is 0.879. The Balaban J connectivity index is 1.54. The minimum absolute atomic E-state index is 0.00310. The van der Waals surface area contributed by atoms with Crippen LogP contribution in [0, 0.1) is 12.8 Å². The maximum absolute atomic E-state index is 12.8. The van der Waals surface area contributed by atoms with Crippen LogP contribution in [0.15, 0.2) is 42.5 Å². The number of halogens is 1. The van der Waals surface area contributed by atoms with Crippen LogP contribution in [0.4, 0.5) is 5.69 Å². The van der Waals surface area contributed by atoms with Gasteiger partial charge >= 0.3 is 0 Å². The van der Waals surface area contributed by atoms with Gasteiger partial charge in [0, 0.05) is 24.2 Å². The maximum Gasteiger partial charge on any atom is 0.229 e. The van der Waals surface area contributed by atoms with E-state index in [0.717, 1.165) is 24.2 Å². The molecule has 3 rings (SSSR count). The molecule has 0 saturated carbocycles. The predicted molar refractivity (Wildman–Crippen MR) is 117 cm³/mol. The van der Waals surface area contributed by atoms with Crippen molar-refractivity contribution in [1.29, 1.82) is 0 Å². The monoisotopic (exact) mass is 430 g/mol. The summed E-state index contributed by atoms with van der Waals surface area (Å²) in [6.07, 6.45) is 1.82. The van der Waals surface area contributed by atoms with Gasteiger partial charge in [-0.2, -0.15) is 0 Å². The minimum atomic E-state index is -0.265. The molecule has 30 heavy (non-hydrogen) atoms. The van der Waals surface area contributed by atoms with Gasteiger partial charge in [0.2, 0.25) is 11.8 Å². The molecule has 1 unspecified atom stereocenters. The molecule has 1 heterocycles. The molecule has 1 atom stereocenters. The van der Waals surface area contributed by atoms with Crippen molar-refractivity contribution in [2.75, 3.05) is 32.1 Å². The Bertz CT molecular complexity index is 888. The first-order chi connectivity index (χ1) is 14.5. The van der Waals surface area contributed by atoms with Crippen LogP contribution in [-0.2, 0) is 9.59 Å². The Morgan fingerprint density at radius 2 is 2.00 bits per heavy atom. The van der Waals surface area contributed by atoms with E-state index in [4.69, 9.17) is 21.1 Å². The lowest BCUT2D eigenvalue weighted by Gasteiger charge is -2.32. The summed E-state index contributed by atoms with van der Waals surface area (Å²) < 4.78 is 10.9. The number of methoxy groups -OCH3 is 1. The molecule has 1 saturated heterocycles. The average molecular weight is 431 g/mol. The molecular weight excluding hydrogens is 404 g/mol. The lowest BCUT2D eigenvalue weighted by Crippen LogP contribution is -2.44. The first-order valence-electron chi connectivity index (χ1n) is 10.1. The van der Waals surface area contributed by atoms with E-state index in [9.17, 15) is 9.59 Å². The van der Waals surface area contributed by atoms with Crippen LogP contribution in [0.2, 0.25) is 5.02 Å². The molecule has 2 aromatic carbocycles. The molecule has 0 aromatic heterocycles. The highest BCUT2D eigenvalue weighted by atomic mass is 35.5. The number of hydrogen-bond donors (Lipinski definition) is 1. The smallest absolute Gasteiger partial charge is 0.229 e. The number of likely N-dealkylation sites (tertiary alicyclic amines) is 1. The van der Waals surface area contributed by atoms with Gasteiger partial charge in [-0.3, -0.25) is 9.59 Å². The first kappa shape index (κ1) is 22.0. The number of rotatable bonds is 7. The fourth-order valence-corrected chi connectivity index (χ4v) is 3.67. The fraction of sp³-hybridized carbons (Fsp3) is 0.391. The number of piperidine rings is 1. The lowest BCUT2D eigenvalue weighted by atomic mass is 9.96. The second kappa shape index (κ2) is 10.3. The van der Waals surface area contributed by atoms with Gasteiger partial charge in [-0.05, 0) is 43.5 Å². The summed E-state index contributed by atoms with van der Waals surface area (Å²) >= 11 is 6.14. The number of carbonyl (C=O) groups is 2. The number of amides is 2. The third-order valence-electron chi connectivity index (χ3n) is 5.21. The van der Waals surface area contributed by atoms with Gasteiger partial charge in [0.25, 0.3) is 0 Å². The number of para-hydroxylation sites is 1. The van der Waals surface area contributed by atoms with E-state index in [1.807, 2.05) is 37.3 Å². The molecule has 2 amide bonds. The predicted octanol–water partition coefficient (Wildman–Crippen LogP) is 4.30. The molecule has 0 aliphatic carbocycles. The van der Waals surface area contributed by atoms with Gasteiger partial charge in [0.05, 0.1) is 31.7 Å². The van der Waals surface area contributed by atoms with Crippen molar-refractivity contribution in [2.45, 2.75) is 26.2 Å². The highest BCUT2D eigenvalue weighted by Crippen LogP contribution is 2.31. The van der Waals surface area contributed by atoms with Crippen molar-refractivity contribution in [1.82, 2.24) is 4.90 Å². The zero-order chi connectivity index (χ0) is 21.5. The molecule has 1 fully saturated rings. The Kier molecular flexibility index (Phi) is 7.57. The molecule has 6 nitrogen and oxygen atoms in total. The largest absolute Gasteiger partial charge is 0.495 e. The number of aryl methyl sites for hydroxylation is 1. The molecule has 0 spiro atoms. The molecule has 160 valence electrons. The van der Waals surface area contributed by atoms with Crippen LogP contribution in [0.5, 0.6) is 11.5 Å². The SMILES string of the molecule is COc1cc(Cl)c(C)cc1NC(=O)C1CCCN(C(=O)CCOc2ccccc2)C1. The average Bonchev–Trinajstić information content (AvgIpc) is 2.76. The quantitative estimate of drug-likeness (QED) is 0.711. The van der Waals surface area contributed by atoms with Gasteiger partial charge in [0.1, 0.15) is 11.5 Å². The van der Waals surface area contributed by atoms with E-state index < -0.39 is 0 Å². The van der Waals surface area contributed by atoms with Crippen molar-refractivity contribution in [2.24, 2.45) is 5.92 Å². The molecular formula is C23H27ClN2O4. The number of carbonyl (C=O) groups excluding carboxylic acids is 2. The molecule has 0 radical (unpaired) electrons. The standard InChI is InChI=1S/C23H27ClN2O4/c1-16-13-20(21(29-2)14-19(16)24)25-23(28)17-7-6-11-26(15-17)22(27)10-12-30-18-8-4-3-5-9-18/h3-5,8-9,13-14,17H,6-7,10-12,15H2,1-2H3,(H,25,28). The van der Waals surface area contributed by atoms with Crippen LogP contribution >= 0.6 is 11.6 Å². The lowest BCUT2D eigenvalue weighted by molar-refractivity contribution is -0.135. The van der Waals surface area contributed by atoms with E-state index in [1.165, 1.54) is 7.11 Å². The number of benzene rings is 2. The number of nitrogens with zero attached hydrogens (tertiary/aromatic N) is 1. The third-order valence-corrected chi connectivity index (χ3v) is 5.62. The third kappa shape index (κ3) is 5.66. The fourth-order valence-electron chi connectivity index (χ4n) is 3.51. The highest BCUT2D eigenvalue weighted by molar-refractivity contribution is 6.31. The van der Waals surface area contributed by atoms with Crippen molar-refractivity contribution in [3.05, 3.63) is 53.1 Å². The Morgan fingerprint density at radius 3 is 2.73 bits per heavy atom. The van der Waals surface area contributed by atoms with Crippen LogP contribution in [0.25, 0.3) is 0 Å². The van der Waals surface area contributed by atoms with Crippen molar-refractivity contribution < 1.29 is 19.1 Å². The van der Waals surface area contributed by atoms with Gasteiger partial charge in [-0.15, -0.1) is 0 Å². The summed E-state index contributed by atoms with van der Waals surface area (Å²) in [4.78, 5) is 27.2. The second-order valence-corrected chi connectivity index (χ2v) is 7.79. The number of ether oxygens (including phenoxy) is 2. The molecule has 7 heteroatoms. The topological polar surface area (TPSA) is 67.9 Å². The van der Waals surface area contributed by atoms with Gasteiger partial charge in [-0.1, -0.05) is 29.8 Å². The van der Waals surface area contributed by atoms with Crippen molar-refractivity contribution in [3.8, 4) is 11.5 Å². The normalized spacial score (nSPS) is 16.1. The van der Waals surface area contributed by atoms with E-state index in [0.29, 0.717) is 36.2 Å². The summed E-state index contributed by atoms with van der Waals surface area (Å²) in [7, 11) is 1.54. The molecule has 1 aliphatic rings. The Labute approximate surface area is 182 Å². The van der Waals surface area contributed by atoms with Gasteiger partial charge in [-0.25, -0.2) is 0 Å². The number of nitrogens with one attached hydrogen (secondary N) is 1. The van der Waals surface area contributed by atoms with Crippen molar-refractivity contribution in [3.63, 3.8) is 0 Å². The molecule has 2 aromatic rings. The second-order valence-electron chi connectivity index (χ2n) is 7.38. The van der Waals surface area contributed by atoms with Gasteiger partial charge < -0.3 is 19.7 Å². The summed E-state index contributed by atoms with van der Waals surface area (Å²) in [5, 5.41) is 3.52. The molecule has 0 bridgehead atoms. The summed E-state index contributed by atoms with van der Waals surface area (Å²) in [6, 6.07) is 12.9. The Hall–Kier alpha value is -2.73. The highest BCUT2D eigenvalue weighted by Gasteiger charge is 2.29. The maximum atomic E-state index is 12.8. The van der Waals surface area contributed by atoms with E-state index in [-0.39, 0.29) is 24.2 Å². The number of hydrogen-bond acceptors (Lipinski definition) is 4. The van der Waals surface area contributed by atoms with E-state index in [1.54, 1.807) is 17.0 Å². The zero-order valence-corrected chi connectivity index (χ0v) is 18.1. The van der Waals surface area contributed by atoms with Gasteiger partial charge in [0.15, 0.2) is 0 Å².